The summed E-state index contributed by atoms with van der Waals surface area (Å²) in [6, 6.07) is 13.8. The van der Waals surface area contributed by atoms with E-state index >= 15 is 0 Å². The van der Waals surface area contributed by atoms with Crippen molar-refractivity contribution in [3.63, 3.8) is 0 Å². The highest BCUT2D eigenvalue weighted by atomic mass is 19.4. The molecule has 0 spiro atoms. The van der Waals surface area contributed by atoms with Crippen molar-refractivity contribution in [2.45, 2.75) is 51.9 Å². The van der Waals surface area contributed by atoms with E-state index in [0.29, 0.717) is 29.6 Å². The van der Waals surface area contributed by atoms with Crippen LogP contribution in [0.1, 0.15) is 55.4 Å². The number of aromatic nitrogens is 2. The van der Waals surface area contributed by atoms with Crippen LogP contribution in [-0.2, 0) is 17.5 Å². The van der Waals surface area contributed by atoms with E-state index in [1.807, 2.05) is 4.90 Å². The maximum atomic E-state index is 13.5. The number of carbonyl (C=O) groups is 2. The molecule has 1 aliphatic rings. The molecular formula is C27H29F3N6O3. The van der Waals surface area contributed by atoms with Crippen LogP contribution in [0.4, 0.5) is 29.3 Å². The minimum absolute atomic E-state index is 0.0541. The summed E-state index contributed by atoms with van der Waals surface area (Å²) in [7, 11) is 0. The smallest absolute Gasteiger partial charge is 0.435 e. The minimum atomic E-state index is -4.77. The van der Waals surface area contributed by atoms with Crippen molar-refractivity contribution < 1.29 is 27.5 Å². The van der Waals surface area contributed by atoms with E-state index in [2.05, 4.69) is 15.7 Å². The van der Waals surface area contributed by atoms with E-state index in [-0.39, 0.29) is 17.9 Å². The van der Waals surface area contributed by atoms with Crippen LogP contribution in [-0.4, -0.2) is 39.8 Å². The minimum Gasteiger partial charge on any atom is -0.444 e. The maximum absolute atomic E-state index is 13.5. The number of nitrogens with one attached hydrogen (secondary N) is 3. The Morgan fingerprint density at radius 2 is 1.77 bits per heavy atom. The van der Waals surface area contributed by atoms with Gasteiger partial charge in [0.25, 0.3) is 5.91 Å². The highest BCUT2D eigenvalue weighted by molar-refractivity contribution is 6.04. The van der Waals surface area contributed by atoms with E-state index in [1.54, 1.807) is 57.2 Å². The fourth-order valence-electron chi connectivity index (χ4n) is 4.04. The molecule has 2 aromatic carbocycles. The highest BCUT2D eigenvalue weighted by Gasteiger charge is 2.36. The quantitative estimate of drug-likeness (QED) is 0.368. The van der Waals surface area contributed by atoms with E-state index < -0.39 is 29.5 Å². The molecule has 0 unspecified atom stereocenters. The van der Waals surface area contributed by atoms with Gasteiger partial charge in [-0.1, -0.05) is 12.1 Å². The Bertz CT molecular complexity index is 1380. The number of hydrogen-bond acceptors (Lipinski definition) is 5. The van der Waals surface area contributed by atoms with Gasteiger partial charge in [0.1, 0.15) is 17.1 Å². The third kappa shape index (κ3) is 6.95. The summed E-state index contributed by atoms with van der Waals surface area (Å²) in [4.78, 5) is 27.0. The standard InChI is InChI=1S/C27H29F3N6O3/c1-26(2,3)39-25(38)32-16-17-6-4-7-20(14-17)36-21(15-22(34-36)27(28,29)30)24(37)33-18-9-11-19(12-10-18)35-13-5-8-23(35)31/h4,6-7,9-12,14-15,31H,5,8,13,16H2,1-3H3,(H,32,38)(H,33,37). The van der Waals surface area contributed by atoms with Crippen molar-refractivity contribution in [3.8, 4) is 5.69 Å². The number of hydrogen-bond donors (Lipinski definition) is 3. The van der Waals surface area contributed by atoms with Crippen LogP contribution in [0.3, 0.4) is 0 Å². The number of amides is 2. The molecule has 39 heavy (non-hydrogen) atoms. The molecule has 3 aromatic rings. The number of alkyl halides is 3. The Morgan fingerprint density at radius 3 is 2.38 bits per heavy atom. The molecule has 0 bridgehead atoms. The van der Waals surface area contributed by atoms with Gasteiger partial charge in [-0.25, -0.2) is 9.48 Å². The van der Waals surface area contributed by atoms with Crippen LogP contribution in [0.15, 0.2) is 54.6 Å². The third-order valence-electron chi connectivity index (χ3n) is 5.78. The Kier molecular flexibility index (Phi) is 7.66. The van der Waals surface area contributed by atoms with Crippen molar-refractivity contribution in [1.29, 1.82) is 5.41 Å². The molecule has 1 aromatic heterocycles. The summed E-state index contributed by atoms with van der Waals surface area (Å²) in [5.41, 5.74) is -0.256. The first kappa shape index (κ1) is 27.7. The van der Waals surface area contributed by atoms with E-state index in [9.17, 15) is 22.8 Å². The molecule has 3 N–H and O–H groups in total. The normalized spacial score (nSPS) is 13.9. The fraction of sp³-hybridized carbons (Fsp3) is 0.333. The Balaban J connectivity index is 1.56. The van der Waals surface area contributed by atoms with Crippen LogP contribution in [0.25, 0.3) is 5.69 Å². The average Bonchev–Trinajstić information content (AvgIpc) is 3.49. The fourth-order valence-corrected chi connectivity index (χ4v) is 4.04. The van der Waals surface area contributed by atoms with Gasteiger partial charge in [-0.05, 0) is 69.2 Å². The molecule has 2 amide bonds. The first-order valence-electron chi connectivity index (χ1n) is 12.3. The number of ether oxygens (including phenoxy) is 1. The van der Waals surface area contributed by atoms with E-state index in [4.69, 9.17) is 10.1 Å². The van der Waals surface area contributed by atoms with Crippen LogP contribution < -0.4 is 15.5 Å². The summed E-state index contributed by atoms with van der Waals surface area (Å²) in [5, 5.41) is 16.9. The molecule has 1 saturated heterocycles. The van der Waals surface area contributed by atoms with Gasteiger partial charge in [0.05, 0.1) is 5.69 Å². The number of halogens is 3. The largest absolute Gasteiger partial charge is 0.444 e. The molecular weight excluding hydrogens is 513 g/mol. The zero-order valence-electron chi connectivity index (χ0n) is 21.7. The van der Waals surface area contributed by atoms with Crippen molar-refractivity contribution in [2.24, 2.45) is 0 Å². The van der Waals surface area contributed by atoms with Gasteiger partial charge in [-0.15, -0.1) is 0 Å². The Labute approximate surface area is 223 Å². The lowest BCUT2D eigenvalue weighted by Gasteiger charge is -2.19. The molecule has 0 radical (unpaired) electrons. The van der Waals surface area contributed by atoms with E-state index in [0.717, 1.165) is 23.3 Å². The lowest BCUT2D eigenvalue weighted by atomic mass is 10.2. The molecule has 0 atom stereocenters. The second-order valence-corrected chi connectivity index (χ2v) is 10.1. The van der Waals surface area contributed by atoms with Crippen molar-refractivity contribution >= 4 is 29.2 Å². The molecule has 1 fully saturated rings. The molecule has 0 aliphatic carbocycles. The van der Waals surface area contributed by atoms with Gasteiger partial charge in [0.2, 0.25) is 0 Å². The third-order valence-corrected chi connectivity index (χ3v) is 5.78. The second kappa shape index (κ2) is 10.8. The van der Waals surface area contributed by atoms with Gasteiger partial charge >= 0.3 is 12.3 Å². The first-order chi connectivity index (χ1) is 18.3. The van der Waals surface area contributed by atoms with Gasteiger partial charge in [-0.3, -0.25) is 10.2 Å². The first-order valence-corrected chi connectivity index (χ1v) is 12.3. The van der Waals surface area contributed by atoms with Crippen molar-refractivity contribution in [1.82, 2.24) is 15.1 Å². The number of anilines is 2. The lowest BCUT2D eigenvalue weighted by molar-refractivity contribution is -0.141. The number of nitrogens with zero attached hydrogens (tertiary/aromatic N) is 3. The number of rotatable bonds is 6. The summed E-state index contributed by atoms with van der Waals surface area (Å²) in [6.45, 7) is 5.96. The Morgan fingerprint density at radius 1 is 1.05 bits per heavy atom. The average molecular weight is 543 g/mol. The maximum Gasteiger partial charge on any atom is 0.435 e. The monoisotopic (exact) mass is 542 g/mol. The zero-order chi connectivity index (χ0) is 28.4. The van der Waals surface area contributed by atoms with Crippen molar-refractivity contribution in [2.75, 3.05) is 16.8 Å². The SMILES string of the molecule is CC(C)(C)OC(=O)NCc1cccc(-n2nc(C(F)(F)F)cc2C(=O)Nc2ccc(N3CCCC3=N)cc2)c1. The molecule has 12 heteroatoms. The van der Waals surface area contributed by atoms with Crippen LogP contribution >= 0.6 is 0 Å². The van der Waals surface area contributed by atoms with Crippen LogP contribution in [0, 0.1) is 5.41 Å². The number of benzene rings is 2. The highest BCUT2D eigenvalue weighted by Crippen LogP contribution is 2.30. The summed E-state index contributed by atoms with van der Waals surface area (Å²) in [5.74, 6) is -0.268. The molecule has 9 nitrogen and oxygen atoms in total. The summed E-state index contributed by atoms with van der Waals surface area (Å²) in [6.07, 6.45) is -3.82. The molecule has 0 saturated carbocycles. The number of carbonyl (C=O) groups excluding carboxylic acids is 2. The second-order valence-electron chi connectivity index (χ2n) is 10.1. The lowest BCUT2D eigenvalue weighted by Crippen LogP contribution is -2.32. The molecule has 2 heterocycles. The van der Waals surface area contributed by atoms with Crippen LogP contribution in [0.5, 0.6) is 0 Å². The predicted molar refractivity (Wildman–Crippen MR) is 140 cm³/mol. The summed E-state index contributed by atoms with van der Waals surface area (Å²) < 4.78 is 46.8. The Hall–Kier alpha value is -4.35. The molecule has 1 aliphatic heterocycles. The summed E-state index contributed by atoms with van der Waals surface area (Å²) >= 11 is 0. The van der Waals surface area contributed by atoms with Gasteiger partial charge in [0.15, 0.2) is 5.69 Å². The van der Waals surface area contributed by atoms with Gasteiger partial charge < -0.3 is 20.3 Å². The van der Waals surface area contributed by atoms with Gasteiger partial charge in [0, 0.05) is 37.0 Å². The number of alkyl carbamates (subject to hydrolysis) is 1. The topological polar surface area (TPSA) is 112 Å². The van der Waals surface area contributed by atoms with Gasteiger partial charge in [-0.2, -0.15) is 18.3 Å². The number of amidine groups is 1. The van der Waals surface area contributed by atoms with Crippen LogP contribution in [0.2, 0.25) is 0 Å². The zero-order valence-corrected chi connectivity index (χ0v) is 21.7. The molecule has 4 rings (SSSR count). The molecule has 206 valence electrons. The van der Waals surface area contributed by atoms with Crippen molar-refractivity contribution in [3.05, 3.63) is 71.5 Å². The predicted octanol–water partition coefficient (Wildman–Crippen LogP) is 5.75. The van der Waals surface area contributed by atoms with E-state index in [1.165, 1.54) is 12.1 Å².